The number of sulfonamides is 1. The third-order valence-electron chi connectivity index (χ3n) is 4.33. The number of rotatable bonds is 8. The number of benzene rings is 2. The molecule has 0 spiro atoms. The van der Waals surface area contributed by atoms with Crippen molar-refractivity contribution in [3.05, 3.63) is 52.5 Å². The van der Waals surface area contributed by atoms with Gasteiger partial charge in [-0.15, -0.1) is 0 Å². The number of anilines is 1. The van der Waals surface area contributed by atoms with Crippen LogP contribution >= 0.6 is 15.9 Å². The van der Waals surface area contributed by atoms with E-state index in [9.17, 15) is 13.2 Å². The summed E-state index contributed by atoms with van der Waals surface area (Å²) in [7, 11) is -2.09. The number of amides is 1. The largest absolute Gasteiger partial charge is 0.484 e. The zero-order chi connectivity index (χ0) is 20.1. The van der Waals surface area contributed by atoms with E-state index in [-0.39, 0.29) is 24.0 Å². The smallest absolute Gasteiger partial charge is 0.264 e. The fourth-order valence-electron chi connectivity index (χ4n) is 2.93. The van der Waals surface area contributed by atoms with Crippen LogP contribution in [0.3, 0.4) is 0 Å². The first-order chi connectivity index (χ1) is 13.4. The van der Waals surface area contributed by atoms with Gasteiger partial charge in [-0.25, -0.2) is 13.1 Å². The van der Waals surface area contributed by atoms with E-state index in [1.807, 2.05) is 18.2 Å². The van der Waals surface area contributed by atoms with Crippen LogP contribution in [0.25, 0.3) is 0 Å². The molecule has 0 radical (unpaired) electrons. The summed E-state index contributed by atoms with van der Waals surface area (Å²) in [6, 6.07) is 11.8. The average molecular weight is 469 g/mol. The highest BCUT2D eigenvalue weighted by Crippen LogP contribution is 2.30. The Balaban J connectivity index is 1.58. The van der Waals surface area contributed by atoms with Crippen LogP contribution in [-0.2, 0) is 26.0 Å². The van der Waals surface area contributed by atoms with E-state index in [1.165, 1.54) is 31.4 Å². The van der Waals surface area contributed by atoms with Gasteiger partial charge in [-0.1, -0.05) is 15.9 Å². The van der Waals surface area contributed by atoms with Crippen LogP contribution in [0.4, 0.5) is 5.69 Å². The number of ether oxygens (including phenoxy) is 2. The SMILES string of the molecule is COCCNS(=O)(=O)c1ccc(OCC(=O)N2CCc3cc(Br)ccc32)cc1. The van der Waals surface area contributed by atoms with E-state index in [0.717, 1.165) is 22.1 Å². The summed E-state index contributed by atoms with van der Waals surface area (Å²) in [4.78, 5) is 14.3. The van der Waals surface area contributed by atoms with Crippen molar-refractivity contribution in [2.45, 2.75) is 11.3 Å². The molecule has 150 valence electrons. The summed E-state index contributed by atoms with van der Waals surface area (Å²) in [5.74, 6) is 0.290. The topological polar surface area (TPSA) is 84.9 Å². The number of nitrogens with one attached hydrogen (secondary N) is 1. The summed E-state index contributed by atoms with van der Waals surface area (Å²) in [5.41, 5.74) is 2.03. The van der Waals surface area contributed by atoms with Crippen molar-refractivity contribution in [1.82, 2.24) is 4.72 Å². The Hall–Kier alpha value is -1.94. The Kier molecular flexibility index (Phi) is 6.71. The van der Waals surface area contributed by atoms with Crippen molar-refractivity contribution in [1.29, 1.82) is 0 Å². The van der Waals surface area contributed by atoms with Gasteiger partial charge < -0.3 is 14.4 Å². The third-order valence-corrected chi connectivity index (χ3v) is 6.30. The third kappa shape index (κ3) is 4.91. The van der Waals surface area contributed by atoms with Crippen molar-refractivity contribution in [3.63, 3.8) is 0 Å². The van der Waals surface area contributed by atoms with E-state index < -0.39 is 10.0 Å². The summed E-state index contributed by atoms with van der Waals surface area (Å²) >= 11 is 3.44. The highest BCUT2D eigenvalue weighted by atomic mass is 79.9. The molecular formula is C19H21BrN2O5S. The molecule has 0 fully saturated rings. The van der Waals surface area contributed by atoms with E-state index in [0.29, 0.717) is 18.9 Å². The minimum atomic E-state index is -3.60. The molecule has 0 aliphatic carbocycles. The number of hydrogen-bond donors (Lipinski definition) is 1. The van der Waals surface area contributed by atoms with Crippen molar-refractivity contribution in [2.75, 3.05) is 38.3 Å². The van der Waals surface area contributed by atoms with Gasteiger partial charge in [0.05, 0.1) is 11.5 Å². The predicted molar refractivity (Wildman–Crippen MR) is 109 cm³/mol. The Morgan fingerprint density at radius 3 is 2.68 bits per heavy atom. The minimum absolute atomic E-state index is 0.117. The van der Waals surface area contributed by atoms with Gasteiger partial charge in [0.2, 0.25) is 10.0 Å². The van der Waals surface area contributed by atoms with E-state index >= 15 is 0 Å². The van der Waals surface area contributed by atoms with Gasteiger partial charge in [0, 0.05) is 30.4 Å². The Morgan fingerprint density at radius 2 is 1.96 bits per heavy atom. The second-order valence-corrected chi connectivity index (χ2v) is 8.90. The molecule has 2 aromatic rings. The van der Waals surface area contributed by atoms with Gasteiger partial charge in [0.1, 0.15) is 5.75 Å². The highest BCUT2D eigenvalue weighted by Gasteiger charge is 2.25. The zero-order valence-corrected chi connectivity index (χ0v) is 17.8. The van der Waals surface area contributed by atoms with Crippen LogP contribution in [-0.4, -0.2) is 47.7 Å². The van der Waals surface area contributed by atoms with Crippen molar-refractivity contribution in [3.8, 4) is 5.75 Å². The Bertz CT molecular complexity index is 947. The van der Waals surface area contributed by atoms with Crippen LogP contribution in [0.2, 0.25) is 0 Å². The molecule has 0 bridgehead atoms. The molecule has 0 aromatic heterocycles. The lowest BCUT2D eigenvalue weighted by Crippen LogP contribution is -2.33. The number of methoxy groups -OCH3 is 1. The number of hydrogen-bond acceptors (Lipinski definition) is 5. The number of halogens is 1. The second-order valence-electron chi connectivity index (χ2n) is 6.22. The van der Waals surface area contributed by atoms with Crippen LogP contribution in [0.5, 0.6) is 5.75 Å². The molecule has 1 amide bonds. The summed E-state index contributed by atoms with van der Waals surface area (Å²) in [6.45, 7) is 0.991. The molecule has 1 aliphatic rings. The van der Waals surface area contributed by atoms with Crippen LogP contribution in [0, 0.1) is 0 Å². The lowest BCUT2D eigenvalue weighted by Gasteiger charge is -2.17. The molecule has 3 rings (SSSR count). The fourth-order valence-corrected chi connectivity index (χ4v) is 4.35. The van der Waals surface area contributed by atoms with Crippen LogP contribution in [0.1, 0.15) is 5.56 Å². The van der Waals surface area contributed by atoms with Crippen molar-refractivity contribution >= 4 is 37.5 Å². The Morgan fingerprint density at radius 1 is 1.21 bits per heavy atom. The Labute approximate surface area is 172 Å². The van der Waals surface area contributed by atoms with E-state index in [1.54, 1.807) is 4.90 Å². The highest BCUT2D eigenvalue weighted by molar-refractivity contribution is 9.10. The maximum atomic E-state index is 12.5. The molecule has 2 aromatic carbocycles. The minimum Gasteiger partial charge on any atom is -0.484 e. The van der Waals surface area contributed by atoms with E-state index in [2.05, 4.69) is 20.7 Å². The van der Waals surface area contributed by atoms with Crippen LogP contribution in [0.15, 0.2) is 51.8 Å². The lowest BCUT2D eigenvalue weighted by molar-refractivity contribution is -0.120. The molecule has 0 atom stereocenters. The summed E-state index contributed by atoms with van der Waals surface area (Å²) < 4.78 is 38.1. The molecule has 28 heavy (non-hydrogen) atoms. The molecule has 1 aliphatic heterocycles. The number of nitrogens with zero attached hydrogens (tertiary/aromatic N) is 1. The van der Waals surface area contributed by atoms with Gasteiger partial charge in [-0.2, -0.15) is 0 Å². The summed E-state index contributed by atoms with van der Waals surface area (Å²) in [6.07, 6.45) is 0.809. The fraction of sp³-hybridized carbons (Fsp3) is 0.316. The molecular weight excluding hydrogens is 448 g/mol. The average Bonchev–Trinajstić information content (AvgIpc) is 3.09. The predicted octanol–water partition coefficient (Wildman–Crippen LogP) is 2.34. The number of fused-ring (bicyclic) bond motifs is 1. The molecule has 0 saturated heterocycles. The molecule has 9 heteroatoms. The number of carbonyl (C=O) groups is 1. The van der Waals surface area contributed by atoms with Gasteiger partial charge in [-0.3, -0.25) is 4.79 Å². The van der Waals surface area contributed by atoms with Gasteiger partial charge in [0.15, 0.2) is 6.61 Å². The van der Waals surface area contributed by atoms with Crippen molar-refractivity contribution in [2.24, 2.45) is 0 Å². The maximum Gasteiger partial charge on any atom is 0.264 e. The molecule has 7 nitrogen and oxygen atoms in total. The van der Waals surface area contributed by atoms with Gasteiger partial charge >= 0.3 is 0 Å². The van der Waals surface area contributed by atoms with E-state index in [4.69, 9.17) is 9.47 Å². The zero-order valence-electron chi connectivity index (χ0n) is 15.4. The quantitative estimate of drug-likeness (QED) is 0.600. The standard InChI is InChI=1S/C19H21BrN2O5S/c1-26-11-9-21-28(24,25)17-5-3-16(4-6-17)27-13-19(23)22-10-8-14-12-15(20)2-7-18(14)22/h2-7,12,21H,8-11,13H2,1H3. The molecule has 1 heterocycles. The second kappa shape index (κ2) is 9.04. The first-order valence-electron chi connectivity index (χ1n) is 8.71. The molecule has 1 N–H and O–H groups in total. The molecule has 0 unspecified atom stereocenters. The normalized spacial score (nSPS) is 13.4. The summed E-state index contributed by atoms with van der Waals surface area (Å²) in [5, 5.41) is 0. The maximum absolute atomic E-state index is 12.5. The van der Waals surface area contributed by atoms with Gasteiger partial charge in [-0.05, 0) is 54.4 Å². The first-order valence-corrected chi connectivity index (χ1v) is 11.0. The lowest BCUT2D eigenvalue weighted by atomic mass is 10.2. The van der Waals surface area contributed by atoms with Crippen LogP contribution < -0.4 is 14.4 Å². The van der Waals surface area contributed by atoms with Crippen molar-refractivity contribution < 1.29 is 22.7 Å². The number of carbonyl (C=O) groups excluding carboxylic acids is 1. The first kappa shape index (κ1) is 20.8. The molecule has 0 saturated carbocycles. The monoisotopic (exact) mass is 468 g/mol. The van der Waals surface area contributed by atoms with Gasteiger partial charge in [0.25, 0.3) is 5.91 Å².